The molecule has 20 heavy (non-hydrogen) atoms. The van der Waals surface area contributed by atoms with Crippen molar-refractivity contribution in [1.29, 1.82) is 0 Å². The number of carboxylic acids is 1. The maximum absolute atomic E-state index is 12.4. The second kappa shape index (κ2) is 5.37. The van der Waals surface area contributed by atoms with E-state index in [0.717, 1.165) is 0 Å². The van der Waals surface area contributed by atoms with Gasteiger partial charge in [0.05, 0.1) is 21.9 Å². The molecule has 0 bridgehead atoms. The summed E-state index contributed by atoms with van der Waals surface area (Å²) in [6, 6.07) is 5.62. The fourth-order valence-corrected chi connectivity index (χ4v) is 3.75. The van der Waals surface area contributed by atoms with Crippen LogP contribution in [0, 0.1) is 0 Å². The van der Waals surface area contributed by atoms with Gasteiger partial charge >= 0.3 is 5.97 Å². The summed E-state index contributed by atoms with van der Waals surface area (Å²) in [4.78, 5) is 10.9. The molecule has 2 rings (SSSR count). The van der Waals surface area contributed by atoms with E-state index in [1.807, 2.05) is 0 Å². The summed E-state index contributed by atoms with van der Waals surface area (Å²) in [6.07, 6.45) is 1.63. The van der Waals surface area contributed by atoms with Gasteiger partial charge in [0.2, 0.25) is 0 Å². The van der Waals surface area contributed by atoms with Crippen LogP contribution in [0.15, 0.2) is 39.8 Å². The van der Waals surface area contributed by atoms with Crippen molar-refractivity contribution in [3.63, 3.8) is 0 Å². The summed E-state index contributed by atoms with van der Waals surface area (Å²) in [7, 11) is -2.11. The number of sulfone groups is 1. The van der Waals surface area contributed by atoms with Crippen LogP contribution in [0.4, 0.5) is 0 Å². The maximum atomic E-state index is 12.4. The third kappa shape index (κ3) is 3.07. The largest absolute Gasteiger partial charge is 0.478 e. The minimum absolute atomic E-state index is 0.218. The first kappa shape index (κ1) is 14.7. The molecule has 2 aromatic rings. The molecular formula is C12H11BrN2O4S. The fourth-order valence-electron chi connectivity index (χ4n) is 1.74. The van der Waals surface area contributed by atoms with Crippen LogP contribution in [0.25, 0.3) is 0 Å². The highest BCUT2D eigenvalue weighted by molar-refractivity contribution is 9.10. The van der Waals surface area contributed by atoms with Crippen LogP contribution in [0.2, 0.25) is 0 Å². The van der Waals surface area contributed by atoms with Crippen LogP contribution >= 0.6 is 15.9 Å². The average Bonchev–Trinajstić information content (AvgIpc) is 2.73. The summed E-state index contributed by atoms with van der Waals surface area (Å²) >= 11 is 3.15. The van der Waals surface area contributed by atoms with Crippen LogP contribution in [0.3, 0.4) is 0 Å². The molecule has 0 aliphatic rings. The number of hydrogen-bond donors (Lipinski definition) is 1. The zero-order valence-corrected chi connectivity index (χ0v) is 12.8. The Morgan fingerprint density at radius 1 is 1.40 bits per heavy atom. The van der Waals surface area contributed by atoms with E-state index in [9.17, 15) is 13.2 Å². The first-order valence-corrected chi connectivity index (χ1v) is 7.98. The number of benzene rings is 1. The van der Waals surface area contributed by atoms with Gasteiger partial charge in [0, 0.05) is 17.7 Å². The number of carboxylic acid groups (broad SMARTS) is 1. The normalized spacial score (nSPS) is 11.5. The van der Waals surface area contributed by atoms with Gasteiger partial charge in [-0.15, -0.1) is 0 Å². The highest BCUT2D eigenvalue weighted by Gasteiger charge is 2.24. The van der Waals surface area contributed by atoms with Crippen LogP contribution in [-0.2, 0) is 22.6 Å². The number of aromatic nitrogens is 2. The SMILES string of the molecule is Cn1ccc(CS(=O)(=O)c2cc(Br)ccc2C(=O)O)n1. The Bertz CT molecular complexity index is 768. The van der Waals surface area contributed by atoms with E-state index < -0.39 is 15.8 Å². The first-order chi connectivity index (χ1) is 9.29. The smallest absolute Gasteiger partial charge is 0.337 e. The van der Waals surface area contributed by atoms with Crippen molar-refractivity contribution in [1.82, 2.24) is 9.78 Å². The summed E-state index contributed by atoms with van der Waals surface area (Å²) in [5.74, 6) is -1.62. The number of nitrogens with zero attached hydrogens (tertiary/aromatic N) is 2. The lowest BCUT2D eigenvalue weighted by Gasteiger charge is -2.07. The Hall–Kier alpha value is -1.67. The lowest BCUT2D eigenvalue weighted by molar-refractivity contribution is 0.0692. The van der Waals surface area contributed by atoms with E-state index in [4.69, 9.17) is 5.11 Å². The first-order valence-electron chi connectivity index (χ1n) is 5.54. The molecule has 1 aromatic carbocycles. The molecule has 1 N–H and O–H groups in total. The fraction of sp³-hybridized carbons (Fsp3) is 0.167. The van der Waals surface area contributed by atoms with Gasteiger partial charge in [-0.2, -0.15) is 5.10 Å². The van der Waals surface area contributed by atoms with E-state index in [0.29, 0.717) is 10.2 Å². The van der Waals surface area contributed by atoms with Gasteiger partial charge in [-0.3, -0.25) is 4.68 Å². The Kier molecular flexibility index (Phi) is 3.96. The Labute approximate surface area is 124 Å². The van der Waals surface area contributed by atoms with Gasteiger partial charge in [-0.1, -0.05) is 15.9 Å². The number of hydrogen-bond acceptors (Lipinski definition) is 4. The van der Waals surface area contributed by atoms with Crippen LogP contribution < -0.4 is 0 Å². The summed E-state index contributed by atoms with van der Waals surface area (Å²) in [5, 5.41) is 13.1. The van der Waals surface area contributed by atoms with Crippen LogP contribution in [-0.4, -0.2) is 29.3 Å². The van der Waals surface area contributed by atoms with Crippen molar-refractivity contribution in [2.75, 3.05) is 0 Å². The predicted octanol–water partition coefficient (Wildman–Crippen LogP) is 1.85. The highest BCUT2D eigenvalue weighted by Crippen LogP contribution is 2.24. The molecule has 0 aliphatic carbocycles. The summed E-state index contributed by atoms with van der Waals surface area (Å²) < 4.78 is 26.7. The lowest BCUT2D eigenvalue weighted by Crippen LogP contribution is -2.12. The third-order valence-corrected chi connectivity index (χ3v) is 4.79. The molecule has 0 amide bonds. The molecule has 1 aromatic heterocycles. The molecule has 0 spiro atoms. The molecule has 0 radical (unpaired) electrons. The van der Waals surface area contributed by atoms with Crippen molar-refractivity contribution >= 4 is 31.7 Å². The quantitative estimate of drug-likeness (QED) is 0.900. The van der Waals surface area contributed by atoms with Gasteiger partial charge in [-0.05, 0) is 24.3 Å². The van der Waals surface area contributed by atoms with E-state index in [1.165, 1.54) is 22.9 Å². The Morgan fingerprint density at radius 3 is 2.65 bits per heavy atom. The second-order valence-corrected chi connectivity index (χ2v) is 7.06. The maximum Gasteiger partial charge on any atom is 0.337 e. The standard InChI is InChI=1S/C12H11BrN2O4S/c1-15-5-4-9(14-15)7-20(18,19)11-6-8(13)2-3-10(11)12(16)17/h2-6H,7H2,1H3,(H,16,17). The van der Waals surface area contributed by atoms with Gasteiger partial charge in [0.25, 0.3) is 0 Å². The lowest BCUT2D eigenvalue weighted by atomic mass is 10.2. The number of aromatic carboxylic acids is 1. The van der Waals surface area contributed by atoms with Crippen LogP contribution in [0.1, 0.15) is 16.1 Å². The monoisotopic (exact) mass is 358 g/mol. The molecule has 0 saturated heterocycles. The number of aryl methyl sites for hydroxylation is 1. The van der Waals surface area contributed by atoms with Crippen LogP contribution in [0.5, 0.6) is 0 Å². The van der Waals surface area contributed by atoms with Crippen molar-refractivity contribution in [3.05, 3.63) is 46.2 Å². The van der Waals surface area contributed by atoms with Crippen molar-refractivity contribution in [2.24, 2.45) is 7.05 Å². The molecule has 0 saturated carbocycles. The number of rotatable bonds is 4. The molecule has 0 aliphatic heterocycles. The molecule has 0 atom stereocenters. The summed E-state index contributed by atoms with van der Waals surface area (Å²) in [6.45, 7) is 0. The molecule has 106 valence electrons. The van der Waals surface area contributed by atoms with Gasteiger partial charge in [0.15, 0.2) is 9.84 Å². The average molecular weight is 359 g/mol. The second-order valence-electron chi connectivity index (χ2n) is 4.19. The molecular weight excluding hydrogens is 348 g/mol. The van der Waals surface area contributed by atoms with E-state index in [-0.39, 0.29) is 16.2 Å². The molecule has 1 heterocycles. The van der Waals surface area contributed by atoms with Crippen molar-refractivity contribution < 1.29 is 18.3 Å². The van der Waals surface area contributed by atoms with Gasteiger partial charge in [0.1, 0.15) is 0 Å². The minimum atomic E-state index is -3.78. The molecule has 0 fully saturated rings. The number of carbonyl (C=O) groups is 1. The predicted molar refractivity (Wildman–Crippen MR) is 75.2 cm³/mol. The summed E-state index contributed by atoms with van der Waals surface area (Å²) in [5.41, 5.74) is 0.118. The highest BCUT2D eigenvalue weighted by atomic mass is 79.9. The van der Waals surface area contributed by atoms with Gasteiger partial charge in [-0.25, -0.2) is 13.2 Å². The Morgan fingerprint density at radius 2 is 2.10 bits per heavy atom. The van der Waals surface area contributed by atoms with Crippen molar-refractivity contribution in [2.45, 2.75) is 10.6 Å². The molecule has 6 nitrogen and oxygen atoms in total. The zero-order chi connectivity index (χ0) is 14.9. The minimum Gasteiger partial charge on any atom is -0.478 e. The number of halogens is 1. The van der Waals surface area contributed by atoms with E-state index in [2.05, 4.69) is 21.0 Å². The topological polar surface area (TPSA) is 89.3 Å². The van der Waals surface area contributed by atoms with Gasteiger partial charge < -0.3 is 5.11 Å². The Balaban J connectivity index is 2.48. The zero-order valence-electron chi connectivity index (χ0n) is 10.4. The van der Waals surface area contributed by atoms with Crippen molar-refractivity contribution in [3.8, 4) is 0 Å². The van der Waals surface area contributed by atoms with E-state index in [1.54, 1.807) is 19.3 Å². The molecule has 0 unspecified atom stereocenters. The third-order valence-electron chi connectivity index (χ3n) is 2.62. The molecule has 8 heteroatoms. The van der Waals surface area contributed by atoms with E-state index >= 15 is 0 Å².